The molecular formula is C30H18Cl2FN3O3. The Balaban J connectivity index is 1.39. The Morgan fingerprint density at radius 2 is 1.67 bits per heavy atom. The van der Waals surface area contributed by atoms with Gasteiger partial charge in [-0.05, 0) is 54.1 Å². The van der Waals surface area contributed by atoms with E-state index in [2.05, 4.69) is 10.3 Å². The minimum atomic E-state index is -0.922. The molecule has 0 radical (unpaired) electrons. The molecule has 6 nitrogen and oxygen atoms in total. The molecule has 0 saturated heterocycles. The third kappa shape index (κ3) is 4.56. The number of phenols is 1. The number of nitrogens with zero attached hydrogens (tertiary/aromatic N) is 2. The highest BCUT2D eigenvalue weighted by Gasteiger charge is 2.24. The lowest BCUT2D eigenvalue weighted by Crippen LogP contribution is -2.23. The Bertz CT molecular complexity index is 1950. The maximum absolute atomic E-state index is 13.5. The van der Waals surface area contributed by atoms with E-state index in [0.29, 0.717) is 38.9 Å². The number of benzene rings is 4. The van der Waals surface area contributed by atoms with E-state index in [0.717, 1.165) is 10.9 Å². The first-order valence-electron chi connectivity index (χ1n) is 11.9. The van der Waals surface area contributed by atoms with E-state index >= 15 is 0 Å². The molecule has 9 heteroatoms. The van der Waals surface area contributed by atoms with E-state index < -0.39 is 11.7 Å². The molecule has 192 valence electrons. The quantitative estimate of drug-likeness (QED) is 0.132. The van der Waals surface area contributed by atoms with Crippen LogP contribution in [-0.2, 0) is 11.3 Å². The Morgan fingerprint density at radius 1 is 0.897 bits per heavy atom. The van der Waals surface area contributed by atoms with E-state index in [1.54, 1.807) is 47.2 Å². The van der Waals surface area contributed by atoms with Gasteiger partial charge in [0.25, 0.3) is 11.7 Å². The van der Waals surface area contributed by atoms with Gasteiger partial charge in [0.05, 0.1) is 32.3 Å². The Kier molecular flexibility index (Phi) is 6.17. The molecule has 2 N–H and O–H groups in total. The summed E-state index contributed by atoms with van der Waals surface area (Å²) in [7, 11) is 0. The molecule has 0 aliphatic rings. The van der Waals surface area contributed by atoms with Crippen molar-refractivity contribution < 1.29 is 19.1 Å². The van der Waals surface area contributed by atoms with Crippen LogP contribution < -0.4 is 5.32 Å². The molecule has 0 unspecified atom stereocenters. The average molecular weight is 558 g/mol. The summed E-state index contributed by atoms with van der Waals surface area (Å²) in [5, 5.41) is 15.3. The summed E-state index contributed by atoms with van der Waals surface area (Å²) in [4.78, 5) is 31.4. The van der Waals surface area contributed by atoms with Gasteiger partial charge >= 0.3 is 0 Å². The van der Waals surface area contributed by atoms with E-state index in [1.165, 1.54) is 24.3 Å². The highest BCUT2D eigenvalue weighted by atomic mass is 35.5. The number of fused-ring (bicyclic) bond motifs is 3. The average Bonchev–Trinajstić information content (AvgIpc) is 3.27. The standard InChI is InChI=1S/C30H18Cl2FN3O3/c31-23-3-1-2-17-12-18-6-10-24(32)28(27(18)34-26(17)23)35-30(39)29(38)22-15-36(14-16-4-7-19(33)8-5-16)25-11-9-20(37)13-21(22)25/h1-13,15,37H,14H2,(H,35,39). The number of rotatable bonds is 5. The number of aromatic nitrogens is 2. The third-order valence-corrected chi connectivity index (χ3v) is 7.15. The highest BCUT2D eigenvalue weighted by Crippen LogP contribution is 2.34. The fraction of sp³-hybridized carbons (Fsp3) is 0.0333. The van der Waals surface area contributed by atoms with Gasteiger partial charge < -0.3 is 15.0 Å². The van der Waals surface area contributed by atoms with Crippen LogP contribution in [0.2, 0.25) is 10.0 Å². The van der Waals surface area contributed by atoms with Crippen molar-refractivity contribution in [3.63, 3.8) is 0 Å². The monoisotopic (exact) mass is 557 g/mol. The third-order valence-electron chi connectivity index (χ3n) is 6.53. The van der Waals surface area contributed by atoms with Crippen LogP contribution in [0.3, 0.4) is 0 Å². The van der Waals surface area contributed by atoms with E-state index in [4.69, 9.17) is 23.2 Å². The summed E-state index contributed by atoms with van der Waals surface area (Å²) in [5.41, 5.74) is 2.63. The lowest BCUT2D eigenvalue weighted by molar-refractivity contribution is -0.112. The van der Waals surface area contributed by atoms with Crippen LogP contribution in [-0.4, -0.2) is 26.3 Å². The Hall–Kier alpha value is -4.46. The zero-order chi connectivity index (χ0) is 27.3. The van der Waals surface area contributed by atoms with Crippen molar-refractivity contribution in [2.24, 2.45) is 0 Å². The molecule has 0 aliphatic heterocycles. The number of pyridine rings is 1. The topological polar surface area (TPSA) is 84.2 Å². The predicted molar refractivity (Wildman–Crippen MR) is 151 cm³/mol. The van der Waals surface area contributed by atoms with Crippen molar-refractivity contribution in [3.05, 3.63) is 112 Å². The van der Waals surface area contributed by atoms with Crippen LogP contribution in [0, 0.1) is 5.82 Å². The molecule has 0 spiro atoms. The van der Waals surface area contributed by atoms with Crippen LogP contribution in [0.25, 0.3) is 32.7 Å². The maximum Gasteiger partial charge on any atom is 0.296 e. The van der Waals surface area contributed by atoms with Crippen molar-refractivity contribution in [1.29, 1.82) is 0 Å². The van der Waals surface area contributed by atoms with Gasteiger partial charge in [-0.1, -0.05) is 53.5 Å². The smallest absolute Gasteiger partial charge is 0.296 e. The number of phenolic OH excluding ortho intramolecular Hbond substituents is 1. The van der Waals surface area contributed by atoms with Gasteiger partial charge in [0.15, 0.2) is 0 Å². The molecule has 2 aromatic heterocycles. The van der Waals surface area contributed by atoms with Gasteiger partial charge in [0.2, 0.25) is 0 Å². The number of Topliss-reactive ketones (excluding diaryl/α,β-unsaturated/α-hetero) is 1. The summed E-state index contributed by atoms with van der Waals surface area (Å²) >= 11 is 12.8. The van der Waals surface area contributed by atoms with Gasteiger partial charge in [-0.15, -0.1) is 0 Å². The lowest BCUT2D eigenvalue weighted by Gasteiger charge is -2.11. The summed E-state index contributed by atoms with van der Waals surface area (Å²) in [6.45, 7) is 0.323. The largest absolute Gasteiger partial charge is 0.508 e. The second-order valence-corrected chi connectivity index (χ2v) is 9.89. The Labute approximate surface area is 231 Å². The lowest BCUT2D eigenvalue weighted by atomic mass is 10.1. The number of aromatic hydroxyl groups is 1. The van der Waals surface area contributed by atoms with Crippen molar-refractivity contribution in [2.45, 2.75) is 6.54 Å². The minimum absolute atomic E-state index is 0.0541. The molecule has 0 atom stereocenters. The van der Waals surface area contributed by atoms with Gasteiger partial charge in [0, 0.05) is 34.4 Å². The number of ketones is 1. The SMILES string of the molecule is O=C(Nc1c(Cl)ccc2cc3cccc(Cl)c3nc12)C(=O)c1cn(Cc2ccc(F)cc2)c2ccc(O)cc12. The van der Waals surface area contributed by atoms with Crippen LogP contribution >= 0.6 is 23.2 Å². The first-order chi connectivity index (χ1) is 18.8. The van der Waals surface area contributed by atoms with E-state index in [-0.39, 0.29) is 27.8 Å². The van der Waals surface area contributed by atoms with Crippen LogP contribution in [0.1, 0.15) is 15.9 Å². The maximum atomic E-state index is 13.5. The molecule has 0 aliphatic carbocycles. The van der Waals surface area contributed by atoms with Gasteiger partial charge in [-0.2, -0.15) is 0 Å². The minimum Gasteiger partial charge on any atom is -0.508 e. The fourth-order valence-corrected chi connectivity index (χ4v) is 5.08. The number of nitrogens with one attached hydrogen (secondary N) is 1. The van der Waals surface area contributed by atoms with Crippen molar-refractivity contribution in [3.8, 4) is 5.75 Å². The van der Waals surface area contributed by atoms with Crippen LogP contribution in [0.4, 0.5) is 10.1 Å². The predicted octanol–water partition coefficient (Wildman–Crippen LogP) is 7.36. The van der Waals surface area contributed by atoms with Gasteiger partial charge in [-0.25, -0.2) is 9.37 Å². The number of halogens is 3. The number of carbonyl (C=O) groups excluding carboxylic acids is 2. The summed E-state index contributed by atoms with van der Waals surface area (Å²) < 4.78 is 15.1. The number of hydrogen-bond acceptors (Lipinski definition) is 4. The number of hydrogen-bond donors (Lipinski definition) is 2. The highest BCUT2D eigenvalue weighted by molar-refractivity contribution is 6.49. The zero-order valence-corrected chi connectivity index (χ0v) is 21.6. The van der Waals surface area contributed by atoms with Crippen LogP contribution in [0.15, 0.2) is 85.1 Å². The number of para-hydroxylation sites is 1. The van der Waals surface area contributed by atoms with Crippen LogP contribution in [0.5, 0.6) is 5.75 Å². The zero-order valence-electron chi connectivity index (χ0n) is 20.1. The summed E-state index contributed by atoms with van der Waals surface area (Å²) in [6.07, 6.45) is 1.55. The normalized spacial score (nSPS) is 11.4. The molecule has 0 saturated carbocycles. The molecule has 39 heavy (non-hydrogen) atoms. The van der Waals surface area contributed by atoms with Gasteiger partial charge in [0.1, 0.15) is 11.6 Å². The molecule has 6 aromatic rings. The van der Waals surface area contributed by atoms with E-state index in [9.17, 15) is 19.1 Å². The molecule has 0 bridgehead atoms. The first kappa shape index (κ1) is 24.9. The molecule has 6 rings (SSSR count). The van der Waals surface area contributed by atoms with Gasteiger partial charge in [-0.3, -0.25) is 9.59 Å². The van der Waals surface area contributed by atoms with Crippen molar-refractivity contribution >= 4 is 73.3 Å². The molecule has 4 aromatic carbocycles. The molecule has 1 amide bonds. The molecular weight excluding hydrogens is 540 g/mol. The van der Waals surface area contributed by atoms with Crippen molar-refractivity contribution in [2.75, 3.05) is 5.32 Å². The molecule has 2 heterocycles. The second-order valence-electron chi connectivity index (χ2n) is 9.08. The second kappa shape index (κ2) is 9.69. The number of carbonyl (C=O) groups is 2. The molecule has 0 fully saturated rings. The number of anilines is 1. The Morgan fingerprint density at radius 3 is 2.46 bits per heavy atom. The summed E-state index contributed by atoms with van der Waals surface area (Å²) in [5.74, 6) is -2.16. The van der Waals surface area contributed by atoms with E-state index in [1.807, 2.05) is 18.2 Å². The fourth-order valence-electron chi connectivity index (χ4n) is 4.66. The number of amides is 1. The van der Waals surface area contributed by atoms with Crippen molar-refractivity contribution in [1.82, 2.24) is 9.55 Å². The first-order valence-corrected chi connectivity index (χ1v) is 12.6. The summed E-state index contributed by atoms with van der Waals surface area (Å²) in [6, 6.07) is 21.2.